The molecule has 1 unspecified atom stereocenters. The maximum atomic E-state index is 10.6. The molecule has 0 amide bonds. The highest BCUT2D eigenvalue weighted by atomic mass is 16.4. The summed E-state index contributed by atoms with van der Waals surface area (Å²) >= 11 is 0. The van der Waals surface area contributed by atoms with Crippen molar-refractivity contribution in [2.45, 2.75) is 26.3 Å². The van der Waals surface area contributed by atoms with Crippen molar-refractivity contribution in [2.75, 3.05) is 5.32 Å². The highest BCUT2D eigenvalue weighted by molar-refractivity contribution is 5.68. The van der Waals surface area contributed by atoms with Crippen molar-refractivity contribution in [1.29, 1.82) is 0 Å². The molecule has 0 aliphatic carbocycles. The van der Waals surface area contributed by atoms with Crippen LogP contribution in [0, 0.1) is 6.92 Å². The summed E-state index contributed by atoms with van der Waals surface area (Å²) in [6.07, 6.45) is 0.0286. The molecule has 19 heavy (non-hydrogen) atoms. The number of hydrogen-bond donors (Lipinski definition) is 2. The van der Waals surface area contributed by atoms with Gasteiger partial charge in [0.15, 0.2) is 5.76 Å². The van der Waals surface area contributed by atoms with Crippen LogP contribution in [0.4, 0.5) is 5.82 Å². The summed E-state index contributed by atoms with van der Waals surface area (Å²) in [7, 11) is 0. The predicted molar refractivity (Wildman–Crippen MR) is 69.8 cm³/mol. The number of aliphatic carboxylic acids is 1. The molecule has 2 aromatic heterocycles. The van der Waals surface area contributed by atoms with Crippen LogP contribution < -0.4 is 5.32 Å². The second-order valence-corrected chi connectivity index (χ2v) is 4.36. The lowest BCUT2D eigenvalue weighted by atomic mass is 10.2. The summed E-state index contributed by atoms with van der Waals surface area (Å²) in [6, 6.07) is 7.01. The van der Waals surface area contributed by atoms with Crippen LogP contribution in [0.5, 0.6) is 0 Å². The third kappa shape index (κ3) is 3.54. The van der Waals surface area contributed by atoms with Crippen LogP contribution in [-0.2, 0) is 4.79 Å². The van der Waals surface area contributed by atoms with Crippen molar-refractivity contribution in [3.63, 3.8) is 0 Å². The topological polar surface area (TPSA) is 88.2 Å². The first kappa shape index (κ1) is 13.1. The summed E-state index contributed by atoms with van der Waals surface area (Å²) in [5.41, 5.74) is 0.643. The summed E-state index contributed by atoms with van der Waals surface area (Å²) in [6.45, 7) is 3.64. The van der Waals surface area contributed by atoms with Crippen molar-refractivity contribution < 1.29 is 14.3 Å². The highest BCUT2D eigenvalue weighted by Crippen LogP contribution is 2.19. The van der Waals surface area contributed by atoms with Gasteiger partial charge in [-0.1, -0.05) is 0 Å². The molecule has 100 valence electrons. The summed E-state index contributed by atoms with van der Waals surface area (Å²) in [4.78, 5) is 10.6. The molecule has 0 radical (unpaired) electrons. The Hall–Kier alpha value is -2.37. The molecule has 2 heterocycles. The van der Waals surface area contributed by atoms with E-state index in [1.807, 2.05) is 19.1 Å². The van der Waals surface area contributed by atoms with Gasteiger partial charge >= 0.3 is 5.97 Å². The van der Waals surface area contributed by atoms with Crippen LogP contribution in [0.3, 0.4) is 0 Å². The Balaban J connectivity index is 2.04. The molecule has 2 N–H and O–H groups in total. The van der Waals surface area contributed by atoms with Crippen LogP contribution in [-0.4, -0.2) is 27.3 Å². The molecule has 2 rings (SSSR count). The molecule has 0 bridgehead atoms. The molecule has 0 fully saturated rings. The van der Waals surface area contributed by atoms with Gasteiger partial charge in [-0.3, -0.25) is 4.79 Å². The van der Waals surface area contributed by atoms with Crippen molar-refractivity contribution in [3.8, 4) is 11.5 Å². The van der Waals surface area contributed by atoms with E-state index < -0.39 is 5.97 Å². The summed E-state index contributed by atoms with van der Waals surface area (Å²) < 4.78 is 5.44. The predicted octanol–water partition coefficient (Wildman–Crippen LogP) is 2.32. The van der Waals surface area contributed by atoms with E-state index in [1.165, 1.54) is 0 Å². The van der Waals surface area contributed by atoms with E-state index in [4.69, 9.17) is 9.52 Å². The number of aromatic nitrogens is 2. The molecule has 0 aliphatic heterocycles. The Morgan fingerprint density at radius 3 is 2.68 bits per heavy atom. The Morgan fingerprint density at radius 1 is 1.37 bits per heavy atom. The van der Waals surface area contributed by atoms with E-state index in [0.717, 1.165) is 5.76 Å². The fourth-order valence-electron chi connectivity index (χ4n) is 1.68. The molecule has 0 aromatic carbocycles. The minimum atomic E-state index is -0.851. The van der Waals surface area contributed by atoms with Gasteiger partial charge in [0.05, 0.1) is 6.42 Å². The first-order chi connectivity index (χ1) is 9.04. The Kier molecular flexibility index (Phi) is 3.79. The van der Waals surface area contributed by atoms with Gasteiger partial charge in [-0.15, -0.1) is 10.2 Å². The van der Waals surface area contributed by atoms with Gasteiger partial charge in [0, 0.05) is 6.04 Å². The first-order valence-electron chi connectivity index (χ1n) is 5.93. The van der Waals surface area contributed by atoms with Crippen molar-refractivity contribution in [1.82, 2.24) is 10.2 Å². The number of carboxylic acid groups (broad SMARTS) is 1. The molecule has 0 aliphatic rings. The maximum Gasteiger partial charge on any atom is 0.305 e. The number of anilines is 1. The van der Waals surface area contributed by atoms with E-state index in [0.29, 0.717) is 17.3 Å². The van der Waals surface area contributed by atoms with Crippen LogP contribution in [0.15, 0.2) is 28.7 Å². The van der Waals surface area contributed by atoms with Gasteiger partial charge in [-0.25, -0.2) is 0 Å². The third-order valence-electron chi connectivity index (χ3n) is 2.53. The van der Waals surface area contributed by atoms with Crippen molar-refractivity contribution in [3.05, 3.63) is 30.0 Å². The van der Waals surface area contributed by atoms with E-state index >= 15 is 0 Å². The number of carbonyl (C=O) groups is 1. The molecule has 2 aromatic rings. The molecular weight excluding hydrogens is 246 g/mol. The zero-order valence-corrected chi connectivity index (χ0v) is 10.8. The number of aryl methyl sites for hydroxylation is 1. The van der Waals surface area contributed by atoms with E-state index in [9.17, 15) is 4.79 Å². The molecular formula is C13H15N3O3. The average Bonchev–Trinajstić information content (AvgIpc) is 2.75. The molecule has 0 saturated heterocycles. The fraction of sp³-hybridized carbons (Fsp3) is 0.308. The fourth-order valence-corrected chi connectivity index (χ4v) is 1.68. The quantitative estimate of drug-likeness (QED) is 0.858. The van der Waals surface area contributed by atoms with Gasteiger partial charge < -0.3 is 14.8 Å². The van der Waals surface area contributed by atoms with Gasteiger partial charge in [0.25, 0.3) is 0 Å². The zero-order chi connectivity index (χ0) is 13.8. The lowest BCUT2D eigenvalue weighted by molar-refractivity contribution is -0.137. The van der Waals surface area contributed by atoms with Gasteiger partial charge in [-0.05, 0) is 38.1 Å². The summed E-state index contributed by atoms with van der Waals surface area (Å²) in [5.74, 6) is 1.17. The Labute approximate surface area is 110 Å². The number of rotatable bonds is 5. The van der Waals surface area contributed by atoms with Crippen molar-refractivity contribution in [2.24, 2.45) is 0 Å². The first-order valence-corrected chi connectivity index (χ1v) is 5.93. The number of nitrogens with one attached hydrogen (secondary N) is 1. The average molecular weight is 261 g/mol. The lowest BCUT2D eigenvalue weighted by Crippen LogP contribution is -2.20. The summed E-state index contributed by atoms with van der Waals surface area (Å²) in [5, 5.41) is 19.7. The second-order valence-electron chi connectivity index (χ2n) is 4.36. The van der Waals surface area contributed by atoms with E-state index in [2.05, 4.69) is 15.5 Å². The number of carboxylic acids is 1. The monoisotopic (exact) mass is 261 g/mol. The van der Waals surface area contributed by atoms with Gasteiger partial charge in [0.2, 0.25) is 0 Å². The SMILES string of the molecule is Cc1ccc(-c2ccc(NC(C)CC(=O)O)nn2)o1. The minimum absolute atomic E-state index is 0.0286. The smallest absolute Gasteiger partial charge is 0.305 e. The number of furan rings is 1. The molecule has 1 atom stereocenters. The molecule has 6 heteroatoms. The minimum Gasteiger partial charge on any atom is -0.481 e. The van der Waals surface area contributed by atoms with Crippen LogP contribution in [0.1, 0.15) is 19.1 Å². The molecule has 6 nitrogen and oxygen atoms in total. The number of hydrogen-bond acceptors (Lipinski definition) is 5. The number of nitrogens with zero attached hydrogens (tertiary/aromatic N) is 2. The molecule has 0 saturated carbocycles. The van der Waals surface area contributed by atoms with Crippen LogP contribution in [0.2, 0.25) is 0 Å². The lowest BCUT2D eigenvalue weighted by Gasteiger charge is -2.11. The third-order valence-corrected chi connectivity index (χ3v) is 2.53. The normalized spacial score (nSPS) is 12.1. The van der Waals surface area contributed by atoms with Gasteiger partial charge in [-0.2, -0.15) is 0 Å². The largest absolute Gasteiger partial charge is 0.481 e. The van der Waals surface area contributed by atoms with E-state index in [-0.39, 0.29) is 12.5 Å². The Morgan fingerprint density at radius 2 is 2.16 bits per heavy atom. The maximum absolute atomic E-state index is 10.6. The van der Waals surface area contributed by atoms with Gasteiger partial charge in [0.1, 0.15) is 17.3 Å². The zero-order valence-electron chi connectivity index (χ0n) is 10.8. The van der Waals surface area contributed by atoms with Crippen molar-refractivity contribution >= 4 is 11.8 Å². The van der Waals surface area contributed by atoms with E-state index in [1.54, 1.807) is 19.1 Å². The molecule has 0 spiro atoms. The Bertz CT molecular complexity index is 563. The van der Waals surface area contributed by atoms with Crippen LogP contribution >= 0.6 is 0 Å². The highest BCUT2D eigenvalue weighted by Gasteiger charge is 2.09. The van der Waals surface area contributed by atoms with Crippen LogP contribution in [0.25, 0.3) is 11.5 Å². The standard InChI is InChI=1S/C13H15N3O3/c1-8(7-13(17)18)14-12-6-4-10(15-16-12)11-5-3-9(2)19-11/h3-6,8H,7H2,1-2H3,(H,14,16)(H,17,18). The second kappa shape index (κ2) is 5.51.